The molecular weight excluding hydrogens is 497 g/mol. The summed E-state index contributed by atoms with van der Waals surface area (Å²) in [7, 11) is -4.15. The average Bonchev–Trinajstić information content (AvgIpc) is 2.37. The van der Waals surface area contributed by atoms with Crippen molar-refractivity contribution in [2.75, 3.05) is 10.5 Å². The molecule has 0 saturated heterocycles. The molecule has 4 nitrogen and oxygen atoms in total. The van der Waals surface area contributed by atoms with Crippen LogP contribution in [-0.2, 0) is 10.0 Å². The highest BCUT2D eigenvalue weighted by atomic mass is 127. The Balaban J connectivity index is 2.48. The van der Waals surface area contributed by atoms with Crippen molar-refractivity contribution in [1.29, 1.82) is 0 Å². The summed E-state index contributed by atoms with van der Waals surface area (Å²) in [6.07, 6.45) is 0. The van der Waals surface area contributed by atoms with Gasteiger partial charge in [0, 0.05) is 9.26 Å². The molecule has 0 radical (unpaired) electrons. The monoisotopic (exact) mass is 504 g/mol. The molecule has 9 heteroatoms. The molecule has 0 spiro atoms. The first-order valence-electron chi connectivity index (χ1n) is 5.43. The van der Waals surface area contributed by atoms with E-state index >= 15 is 0 Å². The van der Waals surface area contributed by atoms with Crippen LogP contribution in [0.2, 0.25) is 5.02 Å². The maximum atomic E-state index is 14.0. The number of nitrogens with two attached hydrogens (primary N) is 1. The molecule has 0 bridgehead atoms. The number of sulfonamides is 1. The zero-order chi connectivity index (χ0) is 15.8. The van der Waals surface area contributed by atoms with Crippen molar-refractivity contribution in [1.82, 2.24) is 0 Å². The van der Waals surface area contributed by atoms with Crippen molar-refractivity contribution in [2.45, 2.75) is 4.90 Å². The highest BCUT2D eigenvalue weighted by molar-refractivity contribution is 14.1. The van der Waals surface area contributed by atoms with Crippen molar-refractivity contribution in [3.8, 4) is 0 Å². The van der Waals surface area contributed by atoms with Gasteiger partial charge in [0.2, 0.25) is 0 Å². The number of halogens is 4. The summed E-state index contributed by atoms with van der Waals surface area (Å²) in [5.74, 6) is -0.918. The van der Waals surface area contributed by atoms with Crippen molar-refractivity contribution in [2.24, 2.45) is 0 Å². The number of benzene rings is 2. The molecule has 2 rings (SSSR count). The first kappa shape index (κ1) is 16.8. The van der Waals surface area contributed by atoms with Crippen LogP contribution in [0.5, 0.6) is 0 Å². The van der Waals surface area contributed by atoms with Gasteiger partial charge in [-0.15, -0.1) is 0 Å². The lowest BCUT2D eigenvalue weighted by atomic mass is 10.3. The Hall–Kier alpha value is -0.580. The van der Waals surface area contributed by atoms with Gasteiger partial charge in [0.25, 0.3) is 10.0 Å². The molecule has 0 saturated carbocycles. The maximum absolute atomic E-state index is 14.0. The topological polar surface area (TPSA) is 72.2 Å². The van der Waals surface area contributed by atoms with Crippen LogP contribution in [0, 0.1) is 9.39 Å². The quantitative estimate of drug-likeness (QED) is 0.485. The fourth-order valence-electron chi connectivity index (χ4n) is 1.55. The van der Waals surface area contributed by atoms with E-state index in [-0.39, 0.29) is 20.9 Å². The molecule has 2 aromatic rings. The SMILES string of the molecule is Nc1cc(Br)c(F)c(S(=O)(=O)Nc2ccc(I)cc2Cl)c1. The molecule has 0 aromatic heterocycles. The number of nitrogen functional groups attached to an aromatic ring is 1. The third kappa shape index (κ3) is 3.79. The zero-order valence-electron chi connectivity index (χ0n) is 10.2. The second-order valence-electron chi connectivity index (χ2n) is 4.04. The lowest BCUT2D eigenvalue weighted by molar-refractivity contribution is 0.567. The van der Waals surface area contributed by atoms with Crippen molar-refractivity contribution >= 4 is 71.5 Å². The third-order valence-corrected chi connectivity index (χ3v) is 5.41. The molecule has 3 N–H and O–H groups in total. The third-order valence-electron chi connectivity index (χ3n) is 2.48. The number of hydrogen-bond donors (Lipinski definition) is 2. The van der Waals surface area contributed by atoms with Crippen LogP contribution in [0.4, 0.5) is 15.8 Å². The summed E-state index contributed by atoms with van der Waals surface area (Å²) < 4.78 is 41.6. The highest BCUT2D eigenvalue weighted by Crippen LogP contribution is 2.30. The molecule has 112 valence electrons. The summed E-state index contributed by atoms with van der Waals surface area (Å²) in [6, 6.07) is 7.09. The van der Waals surface area contributed by atoms with E-state index in [4.69, 9.17) is 17.3 Å². The van der Waals surface area contributed by atoms with E-state index < -0.39 is 20.7 Å². The summed E-state index contributed by atoms with van der Waals surface area (Å²) in [5, 5.41) is 0.217. The normalized spacial score (nSPS) is 11.4. The van der Waals surface area contributed by atoms with Gasteiger partial charge < -0.3 is 5.73 Å². The Kier molecular flexibility index (Phi) is 5.01. The number of nitrogens with one attached hydrogen (secondary N) is 1. The molecule has 21 heavy (non-hydrogen) atoms. The number of hydrogen-bond acceptors (Lipinski definition) is 3. The van der Waals surface area contributed by atoms with Crippen LogP contribution in [0.3, 0.4) is 0 Å². The van der Waals surface area contributed by atoms with Crippen LogP contribution in [-0.4, -0.2) is 8.42 Å². The van der Waals surface area contributed by atoms with E-state index in [1.165, 1.54) is 12.1 Å². The van der Waals surface area contributed by atoms with Gasteiger partial charge in [-0.05, 0) is 68.9 Å². The van der Waals surface area contributed by atoms with Crippen molar-refractivity contribution in [3.05, 3.63) is 49.2 Å². The molecule has 0 aliphatic rings. The predicted octanol–water partition coefficient (Wildman–Crippen LogP) is 4.23. The number of rotatable bonds is 3. The molecule has 0 fully saturated rings. The summed E-state index contributed by atoms with van der Waals surface area (Å²) >= 11 is 10.9. The molecule has 0 amide bonds. The van der Waals surface area contributed by atoms with Gasteiger partial charge in [-0.1, -0.05) is 11.6 Å². The van der Waals surface area contributed by atoms with Crippen molar-refractivity contribution < 1.29 is 12.8 Å². The van der Waals surface area contributed by atoms with Crippen LogP contribution in [0.1, 0.15) is 0 Å². The first-order chi connectivity index (χ1) is 9.70. The van der Waals surface area contributed by atoms with E-state index in [2.05, 4.69) is 20.7 Å². The molecule has 0 heterocycles. The second kappa shape index (κ2) is 6.27. The predicted molar refractivity (Wildman–Crippen MR) is 93.5 cm³/mol. The summed E-state index contributed by atoms with van der Waals surface area (Å²) in [5.41, 5.74) is 5.84. The lowest BCUT2D eigenvalue weighted by Crippen LogP contribution is -2.15. The maximum Gasteiger partial charge on any atom is 0.264 e. The fraction of sp³-hybridized carbons (Fsp3) is 0. The van der Waals surface area contributed by atoms with Crippen LogP contribution < -0.4 is 10.5 Å². The molecule has 0 aliphatic carbocycles. The Morgan fingerprint density at radius 2 is 1.95 bits per heavy atom. The van der Waals surface area contributed by atoms with E-state index in [0.29, 0.717) is 0 Å². The minimum absolute atomic E-state index is 0.0309. The lowest BCUT2D eigenvalue weighted by Gasteiger charge is -2.12. The Morgan fingerprint density at radius 1 is 1.29 bits per heavy atom. The minimum Gasteiger partial charge on any atom is -0.399 e. The number of anilines is 2. The molecule has 0 atom stereocenters. The van der Waals surface area contributed by atoms with Gasteiger partial charge in [0.15, 0.2) is 5.82 Å². The van der Waals surface area contributed by atoms with Gasteiger partial charge >= 0.3 is 0 Å². The zero-order valence-corrected chi connectivity index (χ0v) is 15.5. The average molecular weight is 506 g/mol. The van der Waals surface area contributed by atoms with E-state index in [9.17, 15) is 12.8 Å². The smallest absolute Gasteiger partial charge is 0.264 e. The second-order valence-corrected chi connectivity index (χ2v) is 8.20. The van der Waals surface area contributed by atoms with Gasteiger partial charge in [0.1, 0.15) is 4.90 Å². The minimum atomic E-state index is -4.15. The van der Waals surface area contributed by atoms with E-state index in [1.807, 2.05) is 22.6 Å². The van der Waals surface area contributed by atoms with E-state index in [0.717, 1.165) is 9.64 Å². The van der Waals surface area contributed by atoms with Crippen LogP contribution in [0.15, 0.2) is 39.7 Å². The Morgan fingerprint density at radius 3 is 2.57 bits per heavy atom. The Bertz CT molecular complexity index is 817. The van der Waals surface area contributed by atoms with Gasteiger partial charge in [-0.2, -0.15) is 0 Å². The van der Waals surface area contributed by atoms with E-state index in [1.54, 1.807) is 12.1 Å². The molecule has 0 aliphatic heterocycles. The molecule has 0 unspecified atom stereocenters. The van der Waals surface area contributed by atoms with Gasteiger partial charge in [-0.25, -0.2) is 12.8 Å². The standard InChI is InChI=1S/C12H8BrClFIN2O2S/c13-8-4-7(17)5-11(12(8)15)21(19,20)18-10-2-1-6(16)3-9(10)14/h1-5,18H,17H2. The molecular formula is C12H8BrClFIN2O2S. The van der Waals surface area contributed by atoms with Gasteiger partial charge in [0.05, 0.1) is 15.2 Å². The van der Waals surface area contributed by atoms with Gasteiger partial charge in [-0.3, -0.25) is 4.72 Å². The summed E-state index contributed by atoms with van der Waals surface area (Å²) in [6.45, 7) is 0. The fourth-order valence-corrected chi connectivity index (χ4v) is 4.33. The molecule has 2 aromatic carbocycles. The summed E-state index contributed by atoms with van der Waals surface area (Å²) in [4.78, 5) is -0.552. The first-order valence-corrected chi connectivity index (χ1v) is 9.16. The Labute approximate surface area is 148 Å². The largest absolute Gasteiger partial charge is 0.399 e. The van der Waals surface area contributed by atoms with Crippen LogP contribution in [0.25, 0.3) is 0 Å². The van der Waals surface area contributed by atoms with Crippen molar-refractivity contribution in [3.63, 3.8) is 0 Å². The highest BCUT2D eigenvalue weighted by Gasteiger charge is 2.22. The van der Waals surface area contributed by atoms with Crippen LogP contribution >= 0.6 is 50.1 Å².